The van der Waals surface area contributed by atoms with Crippen molar-refractivity contribution in [2.24, 2.45) is 0 Å². The molecule has 1 rings (SSSR count). The molecule has 0 radical (unpaired) electrons. The second-order valence-corrected chi connectivity index (χ2v) is 2.49. The monoisotopic (exact) mass is 141 g/mol. The largest absolute Gasteiger partial charge is 0.225 e. The molecule has 0 N–H and O–H groups in total. The SMILES string of the molecule is N#CC(F)c1cccs1. The molecule has 0 aliphatic heterocycles. The highest BCUT2D eigenvalue weighted by Gasteiger charge is 2.06. The summed E-state index contributed by atoms with van der Waals surface area (Å²) in [6.45, 7) is 0. The van der Waals surface area contributed by atoms with Crippen LogP contribution in [-0.2, 0) is 0 Å². The Morgan fingerprint density at radius 1 is 1.78 bits per heavy atom. The van der Waals surface area contributed by atoms with Crippen LogP contribution in [0, 0.1) is 11.3 Å². The minimum absolute atomic E-state index is 0.484. The van der Waals surface area contributed by atoms with Gasteiger partial charge in [0, 0.05) is 0 Å². The number of nitrogens with zero attached hydrogens (tertiary/aromatic N) is 1. The van der Waals surface area contributed by atoms with Crippen molar-refractivity contribution in [3.63, 3.8) is 0 Å². The third kappa shape index (κ3) is 1.27. The predicted molar refractivity (Wildman–Crippen MR) is 33.8 cm³/mol. The average Bonchev–Trinajstić information content (AvgIpc) is 2.37. The van der Waals surface area contributed by atoms with Crippen molar-refractivity contribution in [3.05, 3.63) is 22.4 Å². The van der Waals surface area contributed by atoms with Gasteiger partial charge in [0.05, 0.1) is 4.88 Å². The summed E-state index contributed by atoms with van der Waals surface area (Å²) in [6, 6.07) is 4.85. The first kappa shape index (κ1) is 6.24. The van der Waals surface area contributed by atoms with E-state index in [2.05, 4.69) is 0 Å². The summed E-state index contributed by atoms with van der Waals surface area (Å²) in [5.74, 6) is 0. The van der Waals surface area contributed by atoms with Crippen LogP contribution in [0.5, 0.6) is 0 Å². The molecule has 0 aromatic carbocycles. The van der Waals surface area contributed by atoms with Gasteiger partial charge in [-0.05, 0) is 11.4 Å². The number of nitriles is 1. The zero-order valence-electron chi connectivity index (χ0n) is 4.54. The molecule has 0 bridgehead atoms. The van der Waals surface area contributed by atoms with Crippen molar-refractivity contribution >= 4 is 11.3 Å². The van der Waals surface area contributed by atoms with E-state index in [9.17, 15) is 4.39 Å². The van der Waals surface area contributed by atoms with Crippen LogP contribution < -0.4 is 0 Å². The number of hydrogen-bond acceptors (Lipinski definition) is 2. The molecule has 0 aliphatic rings. The van der Waals surface area contributed by atoms with Crippen LogP contribution in [0.3, 0.4) is 0 Å². The standard InChI is InChI=1S/C6H4FNS/c7-5(4-8)6-2-1-3-9-6/h1-3,5H. The second kappa shape index (κ2) is 2.60. The third-order valence-corrected chi connectivity index (χ3v) is 1.81. The van der Waals surface area contributed by atoms with Gasteiger partial charge < -0.3 is 0 Å². The highest BCUT2D eigenvalue weighted by Crippen LogP contribution is 2.20. The van der Waals surface area contributed by atoms with Gasteiger partial charge in [0.25, 0.3) is 0 Å². The molecule has 3 heteroatoms. The summed E-state index contributed by atoms with van der Waals surface area (Å²) >= 11 is 1.26. The fourth-order valence-electron chi connectivity index (χ4n) is 0.499. The summed E-state index contributed by atoms with van der Waals surface area (Å²) in [7, 11) is 0. The molecule has 1 aromatic rings. The Labute approximate surface area is 56.4 Å². The first-order chi connectivity index (χ1) is 4.34. The van der Waals surface area contributed by atoms with Crippen LogP contribution >= 0.6 is 11.3 Å². The van der Waals surface area contributed by atoms with E-state index in [1.165, 1.54) is 17.4 Å². The molecule has 1 nitrogen and oxygen atoms in total. The van der Waals surface area contributed by atoms with Crippen molar-refractivity contribution in [1.82, 2.24) is 0 Å². The highest BCUT2D eigenvalue weighted by molar-refractivity contribution is 7.10. The molecule has 0 amide bonds. The molecule has 9 heavy (non-hydrogen) atoms. The molecule has 1 aromatic heterocycles. The Bertz CT molecular complexity index is 211. The Balaban J connectivity index is 2.80. The third-order valence-electron chi connectivity index (χ3n) is 0.906. The smallest absolute Gasteiger partial charge is 0.220 e. The van der Waals surface area contributed by atoms with E-state index in [-0.39, 0.29) is 0 Å². The van der Waals surface area contributed by atoms with Crippen LogP contribution in [0.25, 0.3) is 0 Å². The molecule has 46 valence electrons. The van der Waals surface area contributed by atoms with E-state index in [4.69, 9.17) is 5.26 Å². The molecule has 0 saturated heterocycles. The van der Waals surface area contributed by atoms with Gasteiger partial charge in [-0.3, -0.25) is 0 Å². The van der Waals surface area contributed by atoms with Crippen LogP contribution in [0.15, 0.2) is 17.5 Å². The molecule has 0 fully saturated rings. The van der Waals surface area contributed by atoms with Gasteiger partial charge in [-0.25, -0.2) is 4.39 Å². The van der Waals surface area contributed by atoms with E-state index in [0.717, 1.165) is 0 Å². The van der Waals surface area contributed by atoms with Gasteiger partial charge in [0.1, 0.15) is 6.07 Å². The molecule has 1 heterocycles. The van der Waals surface area contributed by atoms with Crippen LogP contribution in [0.2, 0.25) is 0 Å². The van der Waals surface area contributed by atoms with E-state index < -0.39 is 6.17 Å². The fourth-order valence-corrected chi connectivity index (χ4v) is 1.14. The highest BCUT2D eigenvalue weighted by atomic mass is 32.1. The summed E-state index contributed by atoms with van der Waals surface area (Å²) in [5.41, 5.74) is 0. The normalized spacial score (nSPS) is 12.4. The summed E-state index contributed by atoms with van der Waals surface area (Å²) in [4.78, 5) is 0.484. The molecule has 0 saturated carbocycles. The minimum Gasteiger partial charge on any atom is -0.225 e. The summed E-state index contributed by atoms with van der Waals surface area (Å²) in [6.07, 6.45) is -1.44. The lowest BCUT2D eigenvalue weighted by atomic mass is 10.3. The Kier molecular flexibility index (Phi) is 1.81. The molecule has 1 unspecified atom stereocenters. The average molecular weight is 141 g/mol. The molecular weight excluding hydrogens is 137 g/mol. The first-order valence-corrected chi connectivity index (χ1v) is 3.29. The van der Waals surface area contributed by atoms with Gasteiger partial charge in [-0.2, -0.15) is 5.26 Å². The summed E-state index contributed by atoms with van der Waals surface area (Å²) < 4.78 is 12.3. The lowest BCUT2D eigenvalue weighted by molar-refractivity contribution is 0.430. The van der Waals surface area contributed by atoms with Gasteiger partial charge >= 0.3 is 0 Å². The summed E-state index contributed by atoms with van der Waals surface area (Å²) in [5, 5.41) is 9.84. The number of rotatable bonds is 1. The topological polar surface area (TPSA) is 23.8 Å². The van der Waals surface area contributed by atoms with Crippen molar-refractivity contribution in [2.75, 3.05) is 0 Å². The molecular formula is C6H4FNS. The van der Waals surface area contributed by atoms with Crippen LogP contribution in [0.4, 0.5) is 4.39 Å². The Morgan fingerprint density at radius 2 is 2.56 bits per heavy atom. The molecule has 1 atom stereocenters. The number of hydrogen-bond donors (Lipinski definition) is 0. The number of halogens is 1. The van der Waals surface area contributed by atoms with Gasteiger partial charge in [0.15, 0.2) is 0 Å². The van der Waals surface area contributed by atoms with E-state index in [1.54, 1.807) is 17.5 Å². The number of thiophene rings is 1. The van der Waals surface area contributed by atoms with Gasteiger partial charge in [-0.15, -0.1) is 11.3 Å². The van der Waals surface area contributed by atoms with Crippen molar-refractivity contribution in [2.45, 2.75) is 6.17 Å². The Hall–Kier alpha value is -0.880. The lowest BCUT2D eigenvalue weighted by Gasteiger charge is -1.88. The maximum atomic E-state index is 12.3. The van der Waals surface area contributed by atoms with Gasteiger partial charge in [-0.1, -0.05) is 6.07 Å². The Morgan fingerprint density at radius 3 is 3.00 bits per heavy atom. The molecule has 0 aliphatic carbocycles. The van der Waals surface area contributed by atoms with Crippen molar-refractivity contribution in [1.29, 1.82) is 5.26 Å². The van der Waals surface area contributed by atoms with E-state index in [0.29, 0.717) is 4.88 Å². The first-order valence-electron chi connectivity index (χ1n) is 2.41. The van der Waals surface area contributed by atoms with E-state index in [1.807, 2.05) is 0 Å². The second-order valence-electron chi connectivity index (χ2n) is 1.51. The number of alkyl halides is 1. The fraction of sp³-hybridized carbons (Fsp3) is 0.167. The van der Waals surface area contributed by atoms with Gasteiger partial charge in [0.2, 0.25) is 6.17 Å². The zero-order valence-corrected chi connectivity index (χ0v) is 5.36. The molecule has 0 spiro atoms. The van der Waals surface area contributed by atoms with E-state index >= 15 is 0 Å². The van der Waals surface area contributed by atoms with Crippen molar-refractivity contribution < 1.29 is 4.39 Å². The van der Waals surface area contributed by atoms with Crippen LogP contribution in [-0.4, -0.2) is 0 Å². The maximum Gasteiger partial charge on any atom is 0.220 e. The van der Waals surface area contributed by atoms with Crippen molar-refractivity contribution in [3.8, 4) is 6.07 Å². The maximum absolute atomic E-state index is 12.3. The lowest BCUT2D eigenvalue weighted by Crippen LogP contribution is -1.78. The zero-order chi connectivity index (χ0) is 6.69. The van der Waals surface area contributed by atoms with Crippen LogP contribution in [0.1, 0.15) is 11.0 Å². The quantitative estimate of drug-likeness (QED) is 0.588. The predicted octanol–water partition coefficient (Wildman–Crippen LogP) is 2.28. The minimum atomic E-state index is -1.44.